The summed E-state index contributed by atoms with van der Waals surface area (Å²) in [6, 6.07) is 11.6. The maximum Gasteiger partial charge on any atom is 0.227 e. The van der Waals surface area contributed by atoms with Crippen molar-refractivity contribution in [3.05, 3.63) is 58.7 Å². The predicted molar refractivity (Wildman–Crippen MR) is 120 cm³/mol. The molecule has 1 amide bonds. The molecule has 0 atom stereocenters. The van der Waals surface area contributed by atoms with Gasteiger partial charge in [0.1, 0.15) is 5.75 Å². The molecule has 5 nitrogen and oxygen atoms in total. The van der Waals surface area contributed by atoms with E-state index in [1.54, 1.807) is 6.07 Å². The van der Waals surface area contributed by atoms with Crippen LogP contribution in [0.2, 0.25) is 0 Å². The molecule has 2 aromatic rings. The minimum Gasteiger partial charge on any atom is -0.508 e. The highest BCUT2D eigenvalue weighted by atomic mass is 16.3. The van der Waals surface area contributed by atoms with Gasteiger partial charge in [-0.1, -0.05) is 12.1 Å². The van der Waals surface area contributed by atoms with E-state index in [1.165, 1.54) is 11.1 Å². The average molecular weight is 419 g/mol. The van der Waals surface area contributed by atoms with Crippen LogP contribution in [0.1, 0.15) is 59.2 Å². The summed E-state index contributed by atoms with van der Waals surface area (Å²) in [7, 11) is 0. The van der Waals surface area contributed by atoms with Crippen molar-refractivity contribution in [2.24, 2.45) is 5.92 Å². The van der Waals surface area contributed by atoms with Gasteiger partial charge in [0.25, 0.3) is 0 Å². The molecule has 0 aliphatic carbocycles. The minimum atomic E-state index is 0.223. The van der Waals surface area contributed by atoms with Gasteiger partial charge in [0, 0.05) is 31.5 Å². The summed E-state index contributed by atoms with van der Waals surface area (Å²) in [4.78, 5) is 29.4. The van der Waals surface area contributed by atoms with Gasteiger partial charge in [-0.25, -0.2) is 0 Å². The van der Waals surface area contributed by atoms with Gasteiger partial charge in [0.05, 0.1) is 5.69 Å². The highest BCUT2D eigenvalue weighted by Gasteiger charge is 2.32. The van der Waals surface area contributed by atoms with E-state index in [0.29, 0.717) is 24.5 Å². The first kappa shape index (κ1) is 20.3. The Hall–Kier alpha value is -2.66. The van der Waals surface area contributed by atoms with E-state index in [1.807, 2.05) is 29.2 Å². The third kappa shape index (κ3) is 4.24. The van der Waals surface area contributed by atoms with Crippen LogP contribution in [-0.2, 0) is 24.2 Å². The van der Waals surface area contributed by atoms with Gasteiger partial charge >= 0.3 is 0 Å². The Morgan fingerprint density at radius 3 is 2.55 bits per heavy atom. The third-order valence-corrected chi connectivity index (χ3v) is 7.18. The number of rotatable bonds is 6. The number of piperidine rings is 1. The van der Waals surface area contributed by atoms with Gasteiger partial charge in [-0.2, -0.15) is 0 Å². The van der Waals surface area contributed by atoms with Gasteiger partial charge in [-0.05, 0) is 92.1 Å². The van der Waals surface area contributed by atoms with E-state index in [2.05, 4.69) is 11.0 Å². The van der Waals surface area contributed by atoms with Crippen molar-refractivity contribution in [1.29, 1.82) is 0 Å². The van der Waals surface area contributed by atoms with Crippen LogP contribution in [0.25, 0.3) is 0 Å². The second-order valence-electron chi connectivity index (χ2n) is 9.29. The van der Waals surface area contributed by atoms with Crippen molar-refractivity contribution in [3.8, 4) is 5.75 Å². The normalized spacial score (nSPS) is 19.0. The molecule has 0 saturated carbocycles. The first-order valence-electron chi connectivity index (χ1n) is 11.6. The second kappa shape index (κ2) is 8.46. The third-order valence-electron chi connectivity index (χ3n) is 7.18. The Morgan fingerprint density at radius 1 is 1.00 bits per heavy atom. The topological polar surface area (TPSA) is 60.9 Å². The number of carbonyl (C=O) groups excluding carboxylic acids is 2. The number of ketones is 1. The number of amides is 1. The summed E-state index contributed by atoms with van der Waals surface area (Å²) in [6.45, 7) is 3.72. The quantitative estimate of drug-likeness (QED) is 0.718. The first-order chi connectivity index (χ1) is 15.1. The molecule has 0 spiro atoms. The van der Waals surface area contributed by atoms with E-state index < -0.39 is 0 Å². The van der Waals surface area contributed by atoms with E-state index in [0.717, 1.165) is 75.1 Å². The number of benzene rings is 2. The Bertz CT molecular complexity index is 1010. The number of phenols is 1. The summed E-state index contributed by atoms with van der Waals surface area (Å²) in [5, 5.41) is 9.65. The monoisotopic (exact) mass is 418 g/mol. The number of hydrogen-bond donors (Lipinski definition) is 1. The lowest BCUT2D eigenvalue weighted by atomic mass is 9.89. The highest BCUT2D eigenvalue weighted by Crippen LogP contribution is 2.38. The van der Waals surface area contributed by atoms with Gasteiger partial charge in [-0.15, -0.1) is 0 Å². The maximum absolute atomic E-state index is 12.9. The molecule has 31 heavy (non-hydrogen) atoms. The lowest BCUT2D eigenvalue weighted by Crippen LogP contribution is -2.33. The largest absolute Gasteiger partial charge is 0.508 e. The van der Waals surface area contributed by atoms with Crippen LogP contribution in [0.3, 0.4) is 0 Å². The molecule has 0 radical (unpaired) electrons. The van der Waals surface area contributed by atoms with E-state index in [9.17, 15) is 14.7 Å². The van der Waals surface area contributed by atoms with Crippen LogP contribution >= 0.6 is 0 Å². The lowest BCUT2D eigenvalue weighted by Gasteiger charge is -2.32. The van der Waals surface area contributed by atoms with Crippen molar-refractivity contribution in [2.75, 3.05) is 24.5 Å². The zero-order valence-electron chi connectivity index (χ0n) is 18.0. The fourth-order valence-corrected chi connectivity index (χ4v) is 5.44. The molecule has 0 unspecified atom stereocenters. The number of carbonyl (C=O) groups is 2. The SMILES string of the molecule is O=C(CCC1CCN(Cc2cccc(O)c2)CC1)c1cc2c3c(c1)CCN3C(=O)CC2. The molecule has 3 aliphatic heterocycles. The number of Topliss-reactive ketones (excluding diaryl/α,β-unsaturated/α-hetero) is 1. The van der Waals surface area contributed by atoms with Crippen LogP contribution in [0.5, 0.6) is 5.75 Å². The number of likely N-dealkylation sites (tertiary alicyclic amines) is 1. The molecule has 0 bridgehead atoms. The molecule has 5 heteroatoms. The first-order valence-corrected chi connectivity index (χ1v) is 11.6. The Morgan fingerprint density at radius 2 is 1.77 bits per heavy atom. The van der Waals surface area contributed by atoms with Crippen molar-refractivity contribution >= 4 is 17.4 Å². The fraction of sp³-hybridized carbons (Fsp3) is 0.462. The van der Waals surface area contributed by atoms with Crippen LogP contribution in [0.15, 0.2) is 36.4 Å². The van der Waals surface area contributed by atoms with Crippen LogP contribution < -0.4 is 4.90 Å². The van der Waals surface area contributed by atoms with E-state index >= 15 is 0 Å². The highest BCUT2D eigenvalue weighted by molar-refractivity contribution is 6.02. The molecular weight excluding hydrogens is 388 g/mol. The van der Waals surface area contributed by atoms with Crippen LogP contribution in [0.4, 0.5) is 5.69 Å². The maximum atomic E-state index is 12.9. The number of phenolic OH excluding ortho intramolecular Hbond substituents is 1. The van der Waals surface area contributed by atoms with E-state index in [-0.39, 0.29) is 11.7 Å². The number of nitrogens with zero attached hydrogens (tertiary/aromatic N) is 2. The molecule has 1 saturated heterocycles. The molecule has 1 N–H and O–H groups in total. The molecular formula is C26H30N2O3. The molecule has 162 valence electrons. The molecule has 5 rings (SSSR count). The average Bonchev–Trinajstić information content (AvgIpc) is 3.21. The van der Waals surface area contributed by atoms with Gasteiger partial charge in [0.2, 0.25) is 5.91 Å². The van der Waals surface area contributed by atoms with Crippen LogP contribution in [0, 0.1) is 5.92 Å². The molecule has 3 aliphatic rings. The summed E-state index contributed by atoms with van der Waals surface area (Å²) >= 11 is 0. The van der Waals surface area contributed by atoms with Gasteiger partial charge in [-0.3, -0.25) is 14.5 Å². The molecule has 1 fully saturated rings. The summed E-state index contributed by atoms with van der Waals surface area (Å²) in [5.74, 6) is 1.40. The summed E-state index contributed by atoms with van der Waals surface area (Å²) in [6.07, 6.45) is 6.00. The molecule has 2 aromatic carbocycles. The smallest absolute Gasteiger partial charge is 0.227 e. The predicted octanol–water partition coefficient (Wildman–Crippen LogP) is 4.10. The Labute approximate surface area is 183 Å². The van der Waals surface area contributed by atoms with Gasteiger partial charge < -0.3 is 10.0 Å². The van der Waals surface area contributed by atoms with Crippen LogP contribution in [-0.4, -0.2) is 41.3 Å². The Kier molecular flexibility index (Phi) is 5.53. The minimum absolute atomic E-state index is 0.223. The lowest BCUT2D eigenvalue weighted by molar-refractivity contribution is -0.118. The molecule has 0 aromatic heterocycles. The zero-order valence-corrected chi connectivity index (χ0v) is 18.0. The van der Waals surface area contributed by atoms with Crippen molar-refractivity contribution < 1.29 is 14.7 Å². The Balaban J connectivity index is 1.14. The van der Waals surface area contributed by atoms with Gasteiger partial charge in [0.15, 0.2) is 5.78 Å². The summed E-state index contributed by atoms with van der Waals surface area (Å²) < 4.78 is 0. The van der Waals surface area contributed by atoms with E-state index in [4.69, 9.17) is 0 Å². The summed E-state index contributed by atoms with van der Waals surface area (Å²) in [5.41, 5.74) is 5.43. The number of anilines is 1. The van der Waals surface area contributed by atoms with Crippen molar-refractivity contribution in [2.45, 2.75) is 51.5 Å². The second-order valence-corrected chi connectivity index (χ2v) is 9.29. The standard InChI is InChI=1S/C26H30N2O3/c29-23-3-1-2-19(14-23)17-27-11-8-18(9-12-27)4-6-24(30)22-15-20-5-7-25(31)28-13-10-21(16-22)26(20)28/h1-3,14-16,18,29H,4-13,17H2. The van der Waals surface area contributed by atoms with Crippen molar-refractivity contribution in [3.63, 3.8) is 0 Å². The van der Waals surface area contributed by atoms with Crippen molar-refractivity contribution in [1.82, 2.24) is 4.90 Å². The number of hydrogen-bond acceptors (Lipinski definition) is 4. The number of aromatic hydroxyl groups is 1. The molecule has 3 heterocycles. The fourth-order valence-electron chi connectivity index (χ4n) is 5.44. The number of aryl methyl sites for hydroxylation is 1. The zero-order chi connectivity index (χ0) is 21.4.